The predicted octanol–water partition coefficient (Wildman–Crippen LogP) is -0.00862. The van der Waals surface area contributed by atoms with E-state index in [1.165, 1.54) is 5.56 Å². The SMILES string of the molecule is C[P+](C)(CC#N)Cc1ccccc1.[Br-]. The maximum absolute atomic E-state index is 8.66. The van der Waals surface area contributed by atoms with Gasteiger partial charge in [0, 0.05) is 20.6 Å². The Labute approximate surface area is 97.2 Å². The quantitative estimate of drug-likeness (QED) is 0.710. The summed E-state index contributed by atoms with van der Waals surface area (Å²) in [6.45, 7) is 4.48. The van der Waals surface area contributed by atoms with Gasteiger partial charge in [0.05, 0.1) is 6.16 Å². The van der Waals surface area contributed by atoms with E-state index in [9.17, 15) is 0 Å². The highest BCUT2D eigenvalue weighted by Gasteiger charge is 2.24. The zero-order chi connectivity index (χ0) is 9.73. The van der Waals surface area contributed by atoms with Gasteiger partial charge in [-0.25, -0.2) is 0 Å². The van der Waals surface area contributed by atoms with Crippen LogP contribution in [0.4, 0.5) is 0 Å². The molecule has 3 heteroatoms. The molecule has 1 aromatic carbocycles. The first-order valence-electron chi connectivity index (χ1n) is 4.37. The van der Waals surface area contributed by atoms with Gasteiger partial charge in [-0.2, -0.15) is 5.26 Å². The van der Waals surface area contributed by atoms with E-state index in [0.29, 0.717) is 0 Å². The summed E-state index contributed by atoms with van der Waals surface area (Å²) >= 11 is 0. The maximum atomic E-state index is 8.66. The van der Waals surface area contributed by atoms with Gasteiger partial charge < -0.3 is 17.0 Å². The Kier molecular flexibility index (Phi) is 6.00. The van der Waals surface area contributed by atoms with Crippen molar-refractivity contribution in [2.24, 2.45) is 0 Å². The highest BCUT2D eigenvalue weighted by atomic mass is 79.9. The van der Waals surface area contributed by atoms with Crippen LogP contribution in [0.2, 0.25) is 0 Å². The Balaban J connectivity index is 0.00000169. The van der Waals surface area contributed by atoms with E-state index in [4.69, 9.17) is 5.26 Å². The molecule has 1 aromatic rings. The highest BCUT2D eigenvalue weighted by Crippen LogP contribution is 2.53. The lowest BCUT2D eigenvalue weighted by molar-refractivity contribution is -0.00000322. The molecule has 0 aliphatic heterocycles. The number of hydrogen-bond acceptors (Lipinski definition) is 1. The van der Waals surface area contributed by atoms with Gasteiger partial charge in [-0.05, 0) is 5.56 Å². The van der Waals surface area contributed by atoms with E-state index in [1.54, 1.807) is 0 Å². The van der Waals surface area contributed by atoms with Gasteiger partial charge in [0.25, 0.3) is 0 Å². The molecule has 0 saturated carbocycles. The molecule has 0 N–H and O–H groups in total. The van der Waals surface area contributed by atoms with Crippen LogP contribution in [-0.2, 0) is 6.16 Å². The van der Waals surface area contributed by atoms with Crippen LogP contribution in [0.1, 0.15) is 5.56 Å². The van der Waals surface area contributed by atoms with Crippen molar-refractivity contribution in [2.75, 3.05) is 19.5 Å². The van der Waals surface area contributed by atoms with E-state index < -0.39 is 7.26 Å². The van der Waals surface area contributed by atoms with Crippen LogP contribution in [0.25, 0.3) is 0 Å². The van der Waals surface area contributed by atoms with Crippen LogP contribution in [0, 0.1) is 11.3 Å². The summed E-state index contributed by atoms with van der Waals surface area (Å²) in [5.41, 5.74) is 1.36. The molecule has 0 fully saturated rings. The molecule has 0 bridgehead atoms. The molecule has 0 aliphatic carbocycles. The first-order chi connectivity index (χ1) is 6.14. The van der Waals surface area contributed by atoms with Crippen LogP contribution >= 0.6 is 7.26 Å². The minimum absolute atomic E-state index is 0. The lowest BCUT2D eigenvalue weighted by Crippen LogP contribution is -3.00. The Morgan fingerprint density at radius 2 is 1.79 bits per heavy atom. The van der Waals surface area contributed by atoms with Crippen molar-refractivity contribution < 1.29 is 17.0 Å². The molecular weight excluding hydrogens is 257 g/mol. The fraction of sp³-hybridized carbons (Fsp3) is 0.364. The summed E-state index contributed by atoms with van der Waals surface area (Å²) in [7, 11) is -1.03. The Morgan fingerprint density at radius 1 is 1.21 bits per heavy atom. The molecule has 1 rings (SSSR count). The first-order valence-corrected chi connectivity index (χ1v) is 7.42. The molecule has 0 amide bonds. The molecule has 0 aliphatic rings. The van der Waals surface area contributed by atoms with Gasteiger partial charge in [0.15, 0.2) is 0 Å². The monoisotopic (exact) mass is 271 g/mol. The molecule has 0 aromatic heterocycles. The number of halogens is 1. The van der Waals surface area contributed by atoms with E-state index in [1.807, 2.05) is 6.07 Å². The summed E-state index contributed by atoms with van der Waals surface area (Å²) in [5, 5.41) is 8.66. The van der Waals surface area contributed by atoms with Gasteiger partial charge >= 0.3 is 0 Å². The lowest BCUT2D eigenvalue weighted by atomic mass is 10.2. The lowest BCUT2D eigenvalue weighted by Gasteiger charge is -2.13. The van der Waals surface area contributed by atoms with Crippen LogP contribution in [0.5, 0.6) is 0 Å². The second-order valence-electron chi connectivity index (χ2n) is 3.90. The summed E-state index contributed by atoms with van der Waals surface area (Å²) in [6, 6.07) is 12.7. The smallest absolute Gasteiger partial charge is 0.144 e. The Hall–Kier alpha value is -0.380. The maximum Gasteiger partial charge on any atom is 0.144 e. The van der Waals surface area contributed by atoms with Crippen LogP contribution in [0.15, 0.2) is 30.3 Å². The van der Waals surface area contributed by atoms with Gasteiger partial charge in [0.1, 0.15) is 12.2 Å². The van der Waals surface area contributed by atoms with Crippen molar-refractivity contribution >= 4 is 7.26 Å². The number of nitriles is 1. The number of benzene rings is 1. The van der Waals surface area contributed by atoms with E-state index in [-0.39, 0.29) is 17.0 Å². The van der Waals surface area contributed by atoms with Gasteiger partial charge in [0.2, 0.25) is 0 Å². The zero-order valence-corrected chi connectivity index (χ0v) is 11.1. The molecular formula is C11H15BrNP. The summed E-state index contributed by atoms with van der Waals surface area (Å²) in [5.74, 6) is 0. The molecule has 76 valence electrons. The minimum atomic E-state index is -1.03. The minimum Gasteiger partial charge on any atom is -1.00 e. The normalized spacial score (nSPS) is 10.1. The molecule has 0 radical (unpaired) electrons. The molecule has 0 heterocycles. The third-order valence-electron chi connectivity index (χ3n) is 1.95. The second kappa shape index (κ2) is 6.17. The molecule has 0 saturated heterocycles. The summed E-state index contributed by atoms with van der Waals surface area (Å²) in [4.78, 5) is 0. The van der Waals surface area contributed by atoms with E-state index in [0.717, 1.165) is 12.3 Å². The first kappa shape index (κ1) is 13.6. The van der Waals surface area contributed by atoms with E-state index >= 15 is 0 Å². The largest absolute Gasteiger partial charge is 1.00 e. The van der Waals surface area contributed by atoms with Crippen LogP contribution < -0.4 is 17.0 Å². The van der Waals surface area contributed by atoms with E-state index in [2.05, 4.69) is 43.7 Å². The topological polar surface area (TPSA) is 23.8 Å². The zero-order valence-electron chi connectivity index (χ0n) is 8.57. The predicted molar refractivity (Wildman–Crippen MR) is 59.4 cm³/mol. The van der Waals surface area contributed by atoms with Crippen LogP contribution in [-0.4, -0.2) is 19.5 Å². The van der Waals surface area contributed by atoms with Crippen molar-refractivity contribution in [3.63, 3.8) is 0 Å². The number of hydrogen-bond donors (Lipinski definition) is 0. The highest BCUT2D eigenvalue weighted by molar-refractivity contribution is 7.73. The Morgan fingerprint density at radius 3 is 2.29 bits per heavy atom. The fourth-order valence-electron chi connectivity index (χ4n) is 1.32. The van der Waals surface area contributed by atoms with Crippen molar-refractivity contribution in [2.45, 2.75) is 6.16 Å². The second-order valence-corrected chi connectivity index (χ2v) is 8.40. The average molecular weight is 272 g/mol. The summed E-state index contributed by atoms with van der Waals surface area (Å²) in [6.07, 6.45) is 1.81. The van der Waals surface area contributed by atoms with Crippen LogP contribution in [0.3, 0.4) is 0 Å². The number of rotatable bonds is 3. The van der Waals surface area contributed by atoms with Gasteiger partial charge in [-0.15, -0.1) is 0 Å². The number of nitrogens with zero attached hydrogens (tertiary/aromatic N) is 1. The standard InChI is InChI=1S/C11H15NP.BrH/c1-13(2,9-8-12)10-11-6-4-3-5-7-11;/h3-7H,9-10H2,1-2H3;1H/q+1;/p-1. The summed E-state index contributed by atoms with van der Waals surface area (Å²) < 4.78 is 0. The molecule has 0 unspecified atom stereocenters. The molecule has 0 spiro atoms. The third-order valence-corrected chi connectivity index (χ3v) is 4.17. The van der Waals surface area contributed by atoms with Crippen molar-refractivity contribution in [1.82, 2.24) is 0 Å². The molecule has 1 nitrogen and oxygen atoms in total. The fourth-order valence-corrected chi connectivity index (χ4v) is 3.02. The van der Waals surface area contributed by atoms with Crippen molar-refractivity contribution in [3.8, 4) is 6.07 Å². The van der Waals surface area contributed by atoms with Crippen molar-refractivity contribution in [1.29, 1.82) is 5.26 Å². The van der Waals surface area contributed by atoms with Crippen molar-refractivity contribution in [3.05, 3.63) is 35.9 Å². The third kappa shape index (κ3) is 4.74. The van der Waals surface area contributed by atoms with Gasteiger partial charge in [-0.1, -0.05) is 30.3 Å². The Bertz CT molecular complexity index is 303. The van der Waals surface area contributed by atoms with Gasteiger partial charge in [-0.3, -0.25) is 0 Å². The molecule has 0 atom stereocenters. The average Bonchev–Trinajstić information content (AvgIpc) is 2.04. The molecule has 14 heavy (non-hydrogen) atoms.